The molecule has 2 N–H and O–H groups in total. The first-order valence-electron chi connectivity index (χ1n) is 10.8. The van der Waals surface area contributed by atoms with E-state index in [0.29, 0.717) is 13.0 Å². The third-order valence-electron chi connectivity index (χ3n) is 5.32. The summed E-state index contributed by atoms with van der Waals surface area (Å²) in [4.78, 5) is 28.0. The van der Waals surface area contributed by atoms with E-state index in [2.05, 4.69) is 22.1 Å². The number of para-hydroxylation sites is 1. The van der Waals surface area contributed by atoms with Gasteiger partial charge in [0.25, 0.3) is 0 Å². The summed E-state index contributed by atoms with van der Waals surface area (Å²) in [5.74, 6) is 0.906. The van der Waals surface area contributed by atoms with Crippen LogP contribution in [0.3, 0.4) is 0 Å². The molecule has 0 radical (unpaired) electrons. The maximum atomic E-state index is 12.5. The molecule has 3 rings (SSSR count). The Morgan fingerprint density at radius 3 is 2.48 bits per heavy atom. The third kappa shape index (κ3) is 7.89. The predicted octanol–water partition coefficient (Wildman–Crippen LogP) is 4.12. The van der Waals surface area contributed by atoms with Crippen molar-refractivity contribution in [3.63, 3.8) is 0 Å². The van der Waals surface area contributed by atoms with Gasteiger partial charge < -0.3 is 10.6 Å². The topological polar surface area (TPSA) is 61.4 Å². The van der Waals surface area contributed by atoms with Crippen LogP contribution in [0.2, 0.25) is 0 Å². The van der Waals surface area contributed by atoms with Gasteiger partial charge in [-0.05, 0) is 37.0 Å². The van der Waals surface area contributed by atoms with Crippen molar-refractivity contribution in [2.24, 2.45) is 0 Å². The number of piperidine rings is 1. The second-order valence-electron chi connectivity index (χ2n) is 7.75. The summed E-state index contributed by atoms with van der Waals surface area (Å²) in [5, 5.41) is 6.19. The molecule has 6 heteroatoms. The molecule has 1 fully saturated rings. The van der Waals surface area contributed by atoms with Crippen LogP contribution >= 0.6 is 11.8 Å². The fraction of sp³-hybridized carbons (Fsp3) is 0.360. The van der Waals surface area contributed by atoms with Gasteiger partial charge in [0.1, 0.15) is 0 Å². The summed E-state index contributed by atoms with van der Waals surface area (Å²) in [5.41, 5.74) is 2.03. The molecule has 0 unspecified atom stereocenters. The Morgan fingerprint density at radius 2 is 1.74 bits per heavy atom. The summed E-state index contributed by atoms with van der Waals surface area (Å²) in [6.45, 7) is 5.74. The van der Waals surface area contributed by atoms with E-state index in [1.54, 1.807) is 11.8 Å². The van der Waals surface area contributed by atoms with Gasteiger partial charge in [0.15, 0.2) is 0 Å². The molecular formula is C25H31N3O2S. The van der Waals surface area contributed by atoms with Crippen LogP contribution in [-0.4, -0.2) is 48.1 Å². The molecule has 0 aromatic heterocycles. The Bertz CT molecular complexity index is 864. The van der Waals surface area contributed by atoms with Crippen molar-refractivity contribution in [2.75, 3.05) is 30.7 Å². The molecule has 0 aliphatic carbocycles. The lowest BCUT2D eigenvalue weighted by molar-refractivity contribution is -0.122. The maximum Gasteiger partial charge on any atom is 0.238 e. The molecule has 5 nitrogen and oxygen atoms in total. The van der Waals surface area contributed by atoms with Gasteiger partial charge >= 0.3 is 0 Å². The van der Waals surface area contributed by atoms with Gasteiger partial charge in [-0.3, -0.25) is 14.5 Å². The van der Waals surface area contributed by atoms with E-state index in [1.807, 2.05) is 60.7 Å². The highest BCUT2D eigenvalue weighted by atomic mass is 32.2. The quantitative estimate of drug-likeness (QED) is 0.434. The minimum atomic E-state index is -0.00278. The first-order valence-corrected chi connectivity index (χ1v) is 11.8. The summed E-state index contributed by atoms with van der Waals surface area (Å²) in [6, 6.07) is 18.1. The zero-order chi connectivity index (χ0) is 21.9. The highest BCUT2D eigenvalue weighted by Gasteiger charge is 2.22. The maximum absolute atomic E-state index is 12.5. The minimum absolute atomic E-state index is 0.00278. The number of nitrogens with one attached hydrogen (secondary N) is 2. The Morgan fingerprint density at radius 1 is 1.03 bits per heavy atom. The number of thioether (sulfide) groups is 1. The van der Waals surface area contributed by atoms with E-state index in [4.69, 9.17) is 0 Å². The average molecular weight is 438 g/mol. The van der Waals surface area contributed by atoms with Gasteiger partial charge in [-0.15, -0.1) is 18.3 Å². The van der Waals surface area contributed by atoms with Crippen LogP contribution in [0.25, 0.3) is 0 Å². The highest BCUT2D eigenvalue weighted by Crippen LogP contribution is 2.27. The molecule has 1 aliphatic rings. The Kier molecular flexibility index (Phi) is 9.18. The van der Waals surface area contributed by atoms with Crippen LogP contribution in [0.5, 0.6) is 0 Å². The number of anilines is 1. The number of amides is 2. The number of carbonyl (C=O) groups excluding carboxylic acids is 2. The van der Waals surface area contributed by atoms with Gasteiger partial charge in [-0.2, -0.15) is 0 Å². The number of likely N-dealkylation sites (tertiary alicyclic amines) is 1. The Hall–Kier alpha value is -2.57. The number of benzene rings is 2. The molecule has 1 heterocycles. The van der Waals surface area contributed by atoms with E-state index in [1.165, 1.54) is 5.56 Å². The SMILES string of the molecule is C=CCSc1ccccc1NC(=O)CN1CCC(NC(=O)CCc2ccccc2)CC1. The fourth-order valence-corrected chi connectivity index (χ4v) is 4.42. The zero-order valence-corrected chi connectivity index (χ0v) is 18.7. The molecule has 2 aromatic carbocycles. The van der Waals surface area contributed by atoms with E-state index in [-0.39, 0.29) is 17.9 Å². The second-order valence-corrected chi connectivity index (χ2v) is 8.81. The van der Waals surface area contributed by atoms with Crippen LogP contribution in [-0.2, 0) is 16.0 Å². The molecule has 0 bridgehead atoms. The largest absolute Gasteiger partial charge is 0.353 e. The summed E-state index contributed by atoms with van der Waals surface area (Å²) < 4.78 is 0. The molecular weight excluding hydrogens is 406 g/mol. The summed E-state index contributed by atoms with van der Waals surface area (Å²) in [6.07, 6.45) is 4.87. The van der Waals surface area contributed by atoms with Crippen molar-refractivity contribution >= 4 is 29.3 Å². The van der Waals surface area contributed by atoms with Crippen LogP contribution < -0.4 is 10.6 Å². The highest BCUT2D eigenvalue weighted by molar-refractivity contribution is 7.99. The summed E-state index contributed by atoms with van der Waals surface area (Å²) in [7, 11) is 0. The number of hydrogen-bond acceptors (Lipinski definition) is 4. The van der Waals surface area contributed by atoms with Gasteiger partial charge in [0.05, 0.1) is 12.2 Å². The third-order valence-corrected chi connectivity index (χ3v) is 6.39. The van der Waals surface area contributed by atoms with E-state index in [9.17, 15) is 9.59 Å². The molecule has 0 saturated carbocycles. The van der Waals surface area contributed by atoms with Crippen molar-refractivity contribution in [1.82, 2.24) is 10.2 Å². The number of aryl methyl sites for hydroxylation is 1. The van der Waals surface area contributed by atoms with Gasteiger partial charge in [0.2, 0.25) is 11.8 Å². The molecule has 1 saturated heterocycles. The number of hydrogen-bond donors (Lipinski definition) is 2. The van der Waals surface area contributed by atoms with Crippen molar-refractivity contribution in [3.05, 3.63) is 72.8 Å². The molecule has 2 amide bonds. The number of carbonyl (C=O) groups is 2. The van der Waals surface area contributed by atoms with E-state index in [0.717, 1.165) is 48.7 Å². The lowest BCUT2D eigenvalue weighted by Gasteiger charge is -2.32. The van der Waals surface area contributed by atoms with E-state index >= 15 is 0 Å². The minimum Gasteiger partial charge on any atom is -0.353 e. The Balaban J connectivity index is 1.37. The van der Waals surface area contributed by atoms with Gasteiger partial charge in [-0.1, -0.05) is 48.5 Å². The van der Waals surface area contributed by atoms with Crippen LogP contribution in [0.1, 0.15) is 24.8 Å². The van der Waals surface area contributed by atoms with Crippen LogP contribution in [0.15, 0.2) is 72.1 Å². The standard InChI is InChI=1S/C25H31N3O2S/c1-2-18-31-23-11-7-6-10-22(23)27-25(30)19-28-16-14-21(15-17-28)26-24(29)13-12-20-8-4-3-5-9-20/h2-11,21H,1,12-19H2,(H,26,29)(H,27,30). The van der Waals surface area contributed by atoms with Crippen molar-refractivity contribution < 1.29 is 9.59 Å². The average Bonchev–Trinajstić information content (AvgIpc) is 2.79. The first kappa shape index (κ1) is 23.1. The lowest BCUT2D eigenvalue weighted by Crippen LogP contribution is -2.46. The second kappa shape index (κ2) is 12.3. The predicted molar refractivity (Wildman–Crippen MR) is 128 cm³/mol. The van der Waals surface area contributed by atoms with Crippen LogP contribution in [0, 0.1) is 0 Å². The lowest BCUT2D eigenvalue weighted by atomic mass is 10.0. The first-order chi connectivity index (χ1) is 15.1. The fourth-order valence-electron chi connectivity index (χ4n) is 3.68. The smallest absolute Gasteiger partial charge is 0.238 e. The molecule has 2 aromatic rings. The normalized spacial score (nSPS) is 14.7. The van der Waals surface area contributed by atoms with Crippen molar-refractivity contribution in [2.45, 2.75) is 36.6 Å². The molecule has 164 valence electrons. The van der Waals surface area contributed by atoms with Gasteiger partial charge in [0, 0.05) is 36.2 Å². The number of rotatable bonds is 10. The van der Waals surface area contributed by atoms with Gasteiger partial charge in [-0.25, -0.2) is 0 Å². The molecule has 31 heavy (non-hydrogen) atoms. The van der Waals surface area contributed by atoms with E-state index < -0.39 is 0 Å². The molecule has 0 atom stereocenters. The Labute approximate surface area is 189 Å². The summed E-state index contributed by atoms with van der Waals surface area (Å²) >= 11 is 1.66. The van der Waals surface area contributed by atoms with Crippen LogP contribution in [0.4, 0.5) is 5.69 Å². The monoisotopic (exact) mass is 437 g/mol. The number of nitrogens with zero attached hydrogens (tertiary/aromatic N) is 1. The molecule has 0 spiro atoms. The molecule has 1 aliphatic heterocycles. The zero-order valence-electron chi connectivity index (χ0n) is 17.9. The van der Waals surface area contributed by atoms with Crippen molar-refractivity contribution in [1.29, 1.82) is 0 Å². The van der Waals surface area contributed by atoms with Crippen molar-refractivity contribution in [3.8, 4) is 0 Å².